The highest BCUT2D eigenvalue weighted by atomic mass is 16.5. The summed E-state index contributed by atoms with van der Waals surface area (Å²) in [6.45, 7) is 9.86. The van der Waals surface area contributed by atoms with E-state index < -0.39 is 0 Å². The normalized spacial score (nSPS) is 24.6. The molecule has 2 aliphatic rings. The Labute approximate surface area is 122 Å². The Bertz CT molecular complexity index is 423. The zero-order chi connectivity index (χ0) is 13.9. The lowest BCUT2D eigenvalue weighted by Crippen LogP contribution is -2.42. The van der Waals surface area contributed by atoms with Crippen molar-refractivity contribution in [2.24, 2.45) is 0 Å². The lowest BCUT2D eigenvalue weighted by molar-refractivity contribution is -0.0401. The monoisotopic (exact) mass is 274 g/mol. The van der Waals surface area contributed by atoms with Crippen LogP contribution in [0.5, 0.6) is 0 Å². The lowest BCUT2D eigenvalue weighted by atomic mass is 10.1. The highest BCUT2D eigenvalue weighted by Gasteiger charge is 2.23. The van der Waals surface area contributed by atoms with Crippen LogP contribution in [0.3, 0.4) is 0 Å². The molecule has 1 aromatic carbocycles. The number of rotatable bonds is 3. The quantitative estimate of drug-likeness (QED) is 0.842. The maximum atomic E-state index is 5.95. The van der Waals surface area contributed by atoms with Gasteiger partial charge in [-0.2, -0.15) is 0 Å². The van der Waals surface area contributed by atoms with Gasteiger partial charge in [0.05, 0.1) is 12.7 Å². The summed E-state index contributed by atoms with van der Waals surface area (Å²) in [6.07, 6.45) is 2.90. The molecule has 1 aromatic rings. The fraction of sp³-hybridized carbons (Fsp3) is 0.647. The Morgan fingerprint density at radius 2 is 1.75 bits per heavy atom. The number of hydrogen-bond acceptors (Lipinski definition) is 3. The molecule has 0 spiro atoms. The van der Waals surface area contributed by atoms with Crippen LogP contribution < -0.4 is 4.90 Å². The van der Waals surface area contributed by atoms with E-state index in [0.29, 0.717) is 6.04 Å². The third kappa shape index (κ3) is 2.99. The largest absolute Gasteiger partial charge is 0.372 e. The number of morpholine rings is 1. The lowest BCUT2D eigenvalue weighted by Gasteiger charge is -2.35. The molecule has 20 heavy (non-hydrogen) atoms. The zero-order valence-electron chi connectivity index (χ0n) is 12.7. The first-order valence-electron chi connectivity index (χ1n) is 7.94. The number of ether oxygens (including phenoxy) is 1. The summed E-state index contributed by atoms with van der Waals surface area (Å²) < 4.78 is 5.95. The summed E-state index contributed by atoms with van der Waals surface area (Å²) in [4.78, 5) is 4.98. The van der Waals surface area contributed by atoms with Crippen molar-refractivity contribution >= 4 is 5.69 Å². The molecule has 0 N–H and O–H groups in total. The summed E-state index contributed by atoms with van der Waals surface area (Å²) in [7, 11) is 0. The smallest absolute Gasteiger partial charge is 0.0952 e. The van der Waals surface area contributed by atoms with Crippen LogP contribution in [0.25, 0.3) is 0 Å². The second-order valence-electron chi connectivity index (χ2n) is 6.23. The molecule has 3 rings (SSSR count). The number of anilines is 1. The Balaban J connectivity index is 1.67. The highest BCUT2D eigenvalue weighted by molar-refractivity contribution is 5.48. The van der Waals surface area contributed by atoms with Gasteiger partial charge in [0.2, 0.25) is 0 Å². The van der Waals surface area contributed by atoms with E-state index >= 15 is 0 Å². The van der Waals surface area contributed by atoms with Crippen LogP contribution in [-0.2, 0) is 4.74 Å². The predicted octanol–water partition coefficient (Wildman–Crippen LogP) is 3.07. The van der Waals surface area contributed by atoms with Crippen LogP contribution in [-0.4, -0.2) is 43.7 Å². The minimum absolute atomic E-state index is 0.235. The molecule has 0 aromatic heterocycles. The van der Waals surface area contributed by atoms with Crippen molar-refractivity contribution < 1.29 is 4.74 Å². The third-order valence-corrected chi connectivity index (χ3v) is 4.56. The maximum absolute atomic E-state index is 5.95. The number of hydrogen-bond donors (Lipinski definition) is 0. The van der Waals surface area contributed by atoms with Gasteiger partial charge in [0.25, 0.3) is 0 Å². The van der Waals surface area contributed by atoms with E-state index in [1.807, 2.05) is 0 Å². The van der Waals surface area contributed by atoms with Crippen molar-refractivity contribution in [3.63, 3.8) is 0 Å². The fourth-order valence-electron chi connectivity index (χ4n) is 3.21. The summed E-state index contributed by atoms with van der Waals surface area (Å²) in [6, 6.07) is 9.63. The van der Waals surface area contributed by atoms with Crippen LogP contribution in [0.15, 0.2) is 24.3 Å². The first-order valence-corrected chi connectivity index (χ1v) is 7.94. The second-order valence-corrected chi connectivity index (χ2v) is 6.23. The highest BCUT2D eigenvalue weighted by Crippen LogP contribution is 2.26. The molecule has 110 valence electrons. The Kier molecular flexibility index (Phi) is 4.27. The summed E-state index contributed by atoms with van der Waals surface area (Å²) in [5.74, 6) is 0. The Morgan fingerprint density at radius 1 is 1.05 bits per heavy atom. The van der Waals surface area contributed by atoms with Gasteiger partial charge in [-0.05, 0) is 44.4 Å². The van der Waals surface area contributed by atoms with Gasteiger partial charge in [0, 0.05) is 37.9 Å². The third-order valence-electron chi connectivity index (χ3n) is 4.56. The van der Waals surface area contributed by atoms with Crippen LogP contribution in [0.1, 0.15) is 38.4 Å². The molecule has 3 nitrogen and oxygen atoms in total. The number of nitrogens with zero attached hydrogens (tertiary/aromatic N) is 2. The average Bonchev–Trinajstić information content (AvgIpc) is 3.02. The van der Waals surface area contributed by atoms with Crippen LogP contribution in [0.2, 0.25) is 0 Å². The predicted molar refractivity (Wildman–Crippen MR) is 83.3 cm³/mol. The van der Waals surface area contributed by atoms with E-state index in [2.05, 4.69) is 47.9 Å². The van der Waals surface area contributed by atoms with Crippen molar-refractivity contribution in [2.45, 2.75) is 38.8 Å². The second kappa shape index (κ2) is 6.15. The van der Waals surface area contributed by atoms with Gasteiger partial charge in [0.1, 0.15) is 0 Å². The van der Waals surface area contributed by atoms with Crippen molar-refractivity contribution in [3.05, 3.63) is 29.8 Å². The molecule has 0 saturated carbocycles. The van der Waals surface area contributed by atoms with Gasteiger partial charge in [-0.3, -0.25) is 4.90 Å². The molecule has 1 unspecified atom stereocenters. The average molecular weight is 274 g/mol. The van der Waals surface area contributed by atoms with Gasteiger partial charge in [-0.1, -0.05) is 12.1 Å². The van der Waals surface area contributed by atoms with E-state index in [0.717, 1.165) is 19.7 Å². The minimum atomic E-state index is 0.235. The molecule has 2 fully saturated rings. The van der Waals surface area contributed by atoms with Gasteiger partial charge >= 0.3 is 0 Å². The van der Waals surface area contributed by atoms with E-state index in [4.69, 9.17) is 4.74 Å². The Hall–Kier alpha value is -1.06. The van der Waals surface area contributed by atoms with E-state index in [1.165, 1.54) is 37.2 Å². The van der Waals surface area contributed by atoms with Crippen molar-refractivity contribution in [2.75, 3.05) is 37.7 Å². The van der Waals surface area contributed by atoms with Gasteiger partial charge in [-0.15, -0.1) is 0 Å². The van der Waals surface area contributed by atoms with Crippen molar-refractivity contribution in [1.82, 2.24) is 4.90 Å². The van der Waals surface area contributed by atoms with Crippen LogP contribution in [0, 0.1) is 0 Å². The molecule has 0 aliphatic carbocycles. The summed E-state index contributed by atoms with van der Waals surface area (Å²) in [5, 5.41) is 0. The standard InChI is InChI=1S/C17H26N2O/c1-14(2)19-11-12-20-17(13-19)15-5-7-16(8-6-15)18-9-3-4-10-18/h5-8,14,17H,3-4,9-13H2,1-2H3. The van der Waals surface area contributed by atoms with Gasteiger partial charge in [-0.25, -0.2) is 0 Å². The Morgan fingerprint density at radius 3 is 2.40 bits per heavy atom. The van der Waals surface area contributed by atoms with Gasteiger partial charge < -0.3 is 9.64 Å². The zero-order valence-corrected chi connectivity index (χ0v) is 12.7. The topological polar surface area (TPSA) is 15.7 Å². The summed E-state index contributed by atoms with van der Waals surface area (Å²) >= 11 is 0. The van der Waals surface area contributed by atoms with E-state index in [-0.39, 0.29) is 6.10 Å². The molecule has 2 saturated heterocycles. The molecule has 3 heteroatoms. The number of benzene rings is 1. The van der Waals surface area contributed by atoms with Crippen molar-refractivity contribution in [3.8, 4) is 0 Å². The summed E-state index contributed by atoms with van der Waals surface area (Å²) in [5.41, 5.74) is 2.68. The molecule has 2 heterocycles. The maximum Gasteiger partial charge on any atom is 0.0952 e. The van der Waals surface area contributed by atoms with Crippen molar-refractivity contribution in [1.29, 1.82) is 0 Å². The molecular formula is C17H26N2O. The fourth-order valence-corrected chi connectivity index (χ4v) is 3.21. The molecule has 2 aliphatic heterocycles. The minimum Gasteiger partial charge on any atom is -0.372 e. The first kappa shape index (κ1) is 13.9. The SMILES string of the molecule is CC(C)N1CCOC(c2ccc(N3CCCC3)cc2)C1. The molecule has 0 radical (unpaired) electrons. The van der Waals surface area contributed by atoms with E-state index in [1.54, 1.807) is 0 Å². The van der Waals surface area contributed by atoms with Crippen LogP contribution in [0.4, 0.5) is 5.69 Å². The first-order chi connectivity index (χ1) is 9.74. The van der Waals surface area contributed by atoms with E-state index in [9.17, 15) is 0 Å². The molecule has 0 bridgehead atoms. The molecule has 0 amide bonds. The molecule has 1 atom stereocenters. The molecular weight excluding hydrogens is 248 g/mol. The van der Waals surface area contributed by atoms with Gasteiger partial charge in [0.15, 0.2) is 0 Å². The van der Waals surface area contributed by atoms with Crippen LogP contribution >= 0.6 is 0 Å².